The molecule has 7 N–H and O–H groups in total. The summed E-state index contributed by atoms with van der Waals surface area (Å²) >= 11 is 0. The van der Waals surface area contributed by atoms with Crippen LogP contribution in [-0.2, 0) is 14.4 Å². The summed E-state index contributed by atoms with van der Waals surface area (Å²) in [5.74, 6) is -4.72. The number of rotatable bonds is 18. The Kier molecular flexibility index (Phi) is 14.6. The number of carbonyl (C=O) groups is 3. The molecule has 2 saturated carbocycles. The fourth-order valence-electron chi connectivity index (χ4n) is 10.5. The Morgan fingerprint density at radius 1 is 0.870 bits per heavy atom. The van der Waals surface area contributed by atoms with Crippen LogP contribution in [0.1, 0.15) is 136 Å². The van der Waals surface area contributed by atoms with Crippen molar-refractivity contribution < 1.29 is 50.1 Å². The van der Waals surface area contributed by atoms with Crippen molar-refractivity contribution in [3.63, 3.8) is 0 Å². The number of carboxylic acid groups (broad SMARTS) is 2. The third kappa shape index (κ3) is 8.43. The Morgan fingerprint density at radius 2 is 1.44 bits per heavy atom. The molecule has 4 aliphatic rings. The van der Waals surface area contributed by atoms with Crippen LogP contribution in [0.3, 0.4) is 0 Å². The van der Waals surface area contributed by atoms with Crippen LogP contribution in [-0.4, -0.2) is 83.0 Å². The highest BCUT2D eigenvalue weighted by atomic mass is 16.4. The van der Waals surface area contributed by atoms with E-state index >= 15 is 0 Å². The lowest BCUT2D eigenvalue weighted by atomic mass is 9.59. The molecular weight excluding hydrogens is 688 g/mol. The van der Waals surface area contributed by atoms with Crippen LogP contribution in [0.15, 0.2) is 53.6 Å². The molecule has 10 nitrogen and oxygen atoms in total. The fraction of sp³-hybridized carbons (Fsp3) is 0.705. The molecule has 0 radical (unpaired) electrons. The van der Waals surface area contributed by atoms with Crippen LogP contribution < -0.4 is 0 Å². The monoisotopic (exact) mass is 754 g/mol. The van der Waals surface area contributed by atoms with Crippen LogP contribution in [0.25, 0.3) is 0 Å². The topological polar surface area (TPSA) is 193 Å². The Labute approximate surface area is 321 Å². The van der Waals surface area contributed by atoms with Crippen molar-refractivity contribution in [3.05, 3.63) is 59.2 Å². The lowest BCUT2D eigenvalue weighted by Gasteiger charge is -2.51. The van der Waals surface area contributed by atoms with Gasteiger partial charge in [0.1, 0.15) is 11.2 Å². The first-order valence-corrected chi connectivity index (χ1v) is 20.3. The van der Waals surface area contributed by atoms with Gasteiger partial charge in [-0.15, -0.1) is 0 Å². The second kappa shape index (κ2) is 17.9. The number of carboxylic acids is 2. The molecule has 2 unspecified atom stereocenters. The van der Waals surface area contributed by atoms with Gasteiger partial charge < -0.3 is 35.7 Å². The number of unbranched alkanes of at least 4 members (excludes halogenated alkanes) is 8. The molecule has 0 bridgehead atoms. The highest BCUT2D eigenvalue weighted by Gasteiger charge is 2.84. The second-order valence-corrected chi connectivity index (χ2v) is 17.3. The van der Waals surface area contributed by atoms with Crippen molar-refractivity contribution in [2.45, 2.75) is 153 Å². The number of aliphatic carboxylic acids is 2. The lowest BCUT2D eigenvalue weighted by molar-refractivity contribution is -0.209. The van der Waals surface area contributed by atoms with Crippen molar-refractivity contribution in [2.75, 3.05) is 6.61 Å². The number of fused-ring (bicyclic) bond motifs is 5. The van der Waals surface area contributed by atoms with E-state index in [4.69, 9.17) is 5.11 Å². The molecule has 5 rings (SSSR count). The predicted octanol–water partition coefficient (Wildman–Crippen LogP) is 6.58. The molecular formula is C44H66O10. The van der Waals surface area contributed by atoms with E-state index in [9.17, 15) is 45.0 Å². The molecule has 2 fully saturated rings. The standard InChI is InChI=1S/C24H38O4.C20H28O6/c1-2-15-20(23(24(27)28)21-17-12-10-13-18-21)16-11-8-6-4-3-5-7-9-14-19-22(25)26;1-9-5-13-18(24,15(9)22)7-11(8-21)6-12-14-17(3,4)20(14,26)16(23)10(2)19(12,13)25/h10,12-13,17-18,20,23H,2-9,11,14-16,19H2,1H3,(H,25,26)(H,27,28);5-6,10,12-14,16,21,23-26H,7-8H2,1-4H3/t;10-,12+,13-,14-,16-,18+,19+,20+/m.1/s1. The molecule has 4 aliphatic carbocycles. The van der Waals surface area contributed by atoms with E-state index in [1.165, 1.54) is 32.1 Å². The fourth-order valence-corrected chi connectivity index (χ4v) is 10.5. The molecule has 0 amide bonds. The first-order chi connectivity index (χ1) is 25.4. The number of aliphatic hydroxyl groups is 5. The van der Waals surface area contributed by atoms with Crippen molar-refractivity contribution in [3.8, 4) is 0 Å². The molecule has 54 heavy (non-hydrogen) atoms. The van der Waals surface area contributed by atoms with Gasteiger partial charge in [0.15, 0.2) is 5.78 Å². The Hall–Kier alpha value is -2.89. The zero-order chi connectivity index (χ0) is 40.1. The van der Waals surface area contributed by atoms with Crippen LogP contribution in [0, 0.1) is 35.0 Å². The average Bonchev–Trinajstić information content (AvgIpc) is 3.53. The highest BCUT2D eigenvalue weighted by molar-refractivity contribution is 6.04. The summed E-state index contributed by atoms with van der Waals surface area (Å²) < 4.78 is 0. The van der Waals surface area contributed by atoms with Crippen LogP contribution in [0.4, 0.5) is 0 Å². The molecule has 0 aliphatic heterocycles. The SMILES string of the molecule is CC1=C[C@H]2[C@]3(O)[C@H](C)[C@@H](O)[C@@]4(O)[C@H]([C@@H]3C=C(CO)C[C@@]2(O)C1=O)C4(C)C.CCCC(CCCCCCCCCCCC(=O)O)C(C(=O)O)c1ccccc1. The molecule has 0 spiro atoms. The number of hydrogen-bond donors (Lipinski definition) is 7. The van der Waals surface area contributed by atoms with Crippen molar-refractivity contribution >= 4 is 17.7 Å². The zero-order valence-electron chi connectivity index (χ0n) is 33.0. The van der Waals surface area contributed by atoms with Gasteiger partial charge in [-0.2, -0.15) is 0 Å². The Balaban J connectivity index is 0.000000241. The van der Waals surface area contributed by atoms with Crippen LogP contribution in [0.2, 0.25) is 0 Å². The Bertz CT molecular complexity index is 1520. The van der Waals surface area contributed by atoms with Gasteiger partial charge in [-0.3, -0.25) is 14.4 Å². The maximum atomic E-state index is 12.7. The van der Waals surface area contributed by atoms with Gasteiger partial charge in [-0.1, -0.05) is 128 Å². The van der Waals surface area contributed by atoms with Gasteiger partial charge in [-0.05, 0) is 48.8 Å². The van der Waals surface area contributed by atoms with Gasteiger partial charge in [0.05, 0.1) is 24.2 Å². The number of ketones is 1. The first-order valence-electron chi connectivity index (χ1n) is 20.3. The van der Waals surface area contributed by atoms with E-state index in [1.54, 1.807) is 26.0 Å². The molecule has 1 aromatic rings. The van der Waals surface area contributed by atoms with Crippen molar-refractivity contribution in [1.82, 2.24) is 0 Å². The van der Waals surface area contributed by atoms with Crippen LogP contribution in [0.5, 0.6) is 0 Å². The summed E-state index contributed by atoms with van der Waals surface area (Å²) in [5.41, 5.74) is -3.64. The predicted molar refractivity (Wildman–Crippen MR) is 206 cm³/mol. The van der Waals surface area contributed by atoms with Crippen molar-refractivity contribution in [2.24, 2.45) is 35.0 Å². The van der Waals surface area contributed by atoms with Crippen molar-refractivity contribution in [1.29, 1.82) is 0 Å². The average molecular weight is 755 g/mol. The quantitative estimate of drug-likeness (QED) is 0.0636. The smallest absolute Gasteiger partial charge is 0.311 e. The number of benzene rings is 1. The summed E-state index contributed by atoms with van der Waals surface area (Å²) in [4.78, 5) is 35.1. The zero-order valence-corrected chi connectivity index (χ0v) is 33.0. The number of aliphatic hydroxyl groups excluding tert-OH is 2. The van der Waals surface area contributed by atoms with E-state index in [2.05, 4.69) is 6.92 Å². The minimum atomic E-state index is -1.84. The Morgan fingerprint density at radius 3 is 1.98 bits per heavy atom. The van der Waals surface area contributed by atoms with E-state index in [0.717, 1.165) is 50.5 Å². The number of carbonyl (C=O) groups excluding carboxylic acids is 1. The summed E-state index contributed by atoms with van der Waals surface area (Å²) in [6.07, 6.45) is 15.4. The molecule has 10 heteroatoms. The normalized spacial score (nSPS) is 33.1. The molecule has 10 atom stereocenters. The third-order valence-electron chi connectivity index (χ3n) is 13.6. The van der Waals surface area contributed by atoms with E-state index in [0.29, 0.717) is 17.6 Å². The van der Waals surface area contributed by atoms with Gasteiger partial charge in [0.2, 0.25) is 0 Å². The van der Waals surface area contributed by atoms with E-state index in [-0.39, 0.29) is 18.9 Å². The minimum absolute atomic E-state index is 0.0615. The maximum Gasteiger partial charge on any atom is 0.311 e. The first kappa shape index (κ1) is 43.8. The largest absolute Gasteiger partial charge is 0.481 e. The molecule has 0 heterocycles. The summed E-state index contributed by atoms with van der Waals surface area (Å²) in [7, 11) is 0. The summed E-state index contributed by atoms with van der Waals surface area (Å²) in [6.45, 7) is 8.76. The minimum Gasteiger partial charge on any atom is -0.481 e. The van der Waals surface area contributed by atoms with Crippen LogP contribution >= 0.6 is 0 Å². The summed E-state index contributed by atoms with van der Waals surface area (Å²) in [5, 5.41) is 73.3. The van der Waals surface area contributed by atoms with E-state index < -0.39 is 75.6 Å². The highest BCUT2D eigenvalue weighted by Crippen LogP contribution is 2.74. The van der Waals surface area contributed by atoms with Gasteiger partial charge >= 0.3 is 11.9 Å². The number of Topliss-reactive ketones (excluding diaryl/α,β-unsaturated/α-hetero) is 1. The molecule has 0 saturated heterocycles. The van der Waals surface area contributed by atoms with E-state index in [1.807, 2.05) is 44.2 Å². The number of hydrogen-bond acceptors (Lipinski definition) is 8. The molecule has 1 aromatic carbocycles. The second-order valence-electron chi connectivity index (χ2n) is 17.3. The summed E-state index contributed by atoms with van der Waals surface area (Å²) in [6, 6.07) is 9.67. The molecule has 0 aromatic heterocycles. The lowest BCUT2D eigenvalue weighted by Crippen LogP contribution is -2.65. The van der Waals surface area contributed by atoms with Gasteiger partial charge in [0, 0.05) is 41.9 Å². The third-order valence-corrected chi connectivity index (χ3v) is 13.6. The molecule has 302 valence electrons. The van der Waals surface area contributed by atoms with Gasteiger partial charge in [-0.25, -0.2) is 0 Å². The van der Waals surface area contributed by atoms with Gasteiger partial charge in [0.25, 0.3) is 0 Å². The maximum absolute atomic E-state index is 12.7.